The zero-order valence-electron chi connectivity index (χ0n) is 13.8. The number of benzene rings is 2. The number of nitrogen functional groups attached to an aromatic ring is 1. The van der Waals surface area contributed by atoms with E-state index >= 15 is 0 Å². The first-order valence-electron chi connectivity index (χ1n) is 8.36. The smallest absolute Gasteiger partial charge is 0.142 e. The summed E-state index contributed by atoms with van der Waals surface area (Å²) in [6, 6.07) is 20.7. The van der Waals surface area contributed by atoms with Crippen LogP contribution in [0.2, 0.25) is 0 Å². The standard InChI is InChI=1S/C21H18N4/c22-12-17-20(18-13-24-11-10-19(18)25-21(17)23)16-9-5-4-8-15(16)14-6-2-1-3-7-14/h1-9,24H,10-11,13H2,(H2,23,25). The number of nitrogens with one attached hydrogen (secondary N) is 1. The van der Waals surface area contributed by atoms with E-state index in [1.807, 2.05) is 30.3 Å². The van der Waals surface area contributed by atoms with Crippen molar-refractivity contribution in [3.8, 4) is 28.3 Å². The summed E-state index contributed by atoms with van der Waals surface area (Å²) in [6.07, 6.45) is 0.825. The van der Waals surface area contributed by atoms with Gasteiger partial charge >= 0.3 is 0 Å². The Labute approximate surface area is 147 Å². The first kappa shape index (κ1) is 15.4. The average Bonchev–Trinajstić information content (AvgIpc) is 2.67. The molecule has 4 heteroatoms. The number of anilines is 1. The van der Waals surface area contributed by atoms with Gasteiger partial charge in [-0.2, -0.15) is 5.26 Å². The third-order valence-corrected chi connectivity index (χ3v) is 4.65. The van der Waals surface area contributed by atoms with Crippen molar-refractivity contribution in [2.75, 3.05) is 12.3 Å². The van der Waals surface area contributed by atoms with Crippen LogP contribution < -0.4 is 11.1 Å². The van der Waals surface area contributed by atoms with Crippen molar-refractivity contribution in [1.82, 2.24) is 10.3 Å². The number of aromatic nitrogens is 1. The predicted molar refractivity (Wildman–Crippen MR) is 99.6 cm³/mol. The number of rotatable bonds is 2. The van der Waals surface area contributed by atoms with E-state index in [-0.39, 0.29) is 0 Å². The Bertz CT molecular complexity index is 971. The highest BCUT2D eigenvalue weighted by atomic mass is 14.9. The number of pyridine rings is 1. The number of hydrogen-bond acceptors (Lipinski definition) is 4. The lowest BCUT2D eigenvalue weighted by Gasteiger charge is -2.23. The van der Waals surface area contributed by atoms with E-state index in [9.17, 15) is 5.26 Å². The van der Waals surface area contributed by atoms with Crippen LogP contribution in [-0.2, 0) is 13.0 Å². The topological polar surface area (TPSA) is 74.7 Å². The summed E-state index contributed by atoms with van der Waals surface area (Å²) in [6.45, 7) is 1.58. The third kappa shape index (κ3) is 2.65. The molecule has 1 aliphatic heterocycles. The Hall–Kier alpha value is -3.16. The summed E-state index contributed by atoms with van der Waals surface area (Å²) in [7, 11) is 0. The second-order valence-corrected chi connectivity index (χ2v) is 6.12. The van der Waals surface area contributed by atoms with E-state index in [4.69, 9.17) is 5.73 Å². The number of hydrogen-bond donors (Lipinski definition) is 2. The summed E-state index contributed by atoms with van der Waals surface area (Å²) < 4.78 is 0. The molecule has 0 atom stereocenters. The Morgan fingerprint density at radius 3 is 2.48 bits per heavy atom. The van der Waals surface area contributed by atoms with Crippen LogP contribution in [0.3, 0.4) is 0 Å². The molecular formula is C21H18N4. The zero-order chi connectivity index (χ0) is 17.2. The van der Waals surface area contributed by atoms with Gasteiger partial charge in [0.2, 0.25) is 0 Å². The van der Waals surface area contributed by atoms with E-state index in [0.29, 0.717) is 17.9 Å². The molecule has 4 rings (SSSR count). The lowest BCUT2D eigenvalue weighted by Crippen LogP contribution is -2.26. The maximum absolute atomic E-state index is 9.73. The molecule has 0 aliphatic carbocycles. The summed E-state index contributed by atoms with van der Waals surface area (Å²) in [5.41, 5.74) is 12.8. The quantitative estimate of drug-likeness (QED) is 0.755. The van der Waals surface area contributed by atoms with Crippen LogP contribution in [0.5, 0.6) is 0 Å². The predicted octanol–water partition coefficient (Wildman–Crippen LogP) is 3.52. The first-order valence-corrected chi connectivity index (χ1v) is 8.36. The van der Waals surface area contributed by atoms with Gasteiger partial charge in [0.15, 0.2) is 0 Å². The van der Waals surface area contributed by atoms with E-state index in [1.165, 1.54) is 0 Å². The highest BCUT2D eigenvalue weighted by molar-refractivity contribution is 5.89. The monoisotopic (exact) mass is 326 g/mol. The van der Waals surface area contributed by atoms with E-state index < -0.39 is 0 Å². The summed E-state index contributed by atoms with van der Waals surface area (Å²) >= 11 is 0. The van der Waals surface area contributed by atoms with Crippen molar-refractivity contribution < 1.29 is 0 Å². The number of fused-ring (bicyclic) bond motifs is 1. The van der Waals surface area contributed by atoms with Crippen LogP contribution in [0.15, 0.2) is 54.6 Å². The Balaban J connectivity index is 2.04. The molecule has 3 N–H and O–H groups in total. The van der Waals surface area contributed by atoms with Gasteiger partial charge in [-0.25, -0.2) is 4.98 Å². The molecule has 1 aromatic heterocycles. The van der Waals surface area contributed by atoms with Gasteiger partial charge in [-0.15, -0.1) is 0 Å². The van der Waals surface area contributed by atoms with Crippen LogP contribution in [0, 0.1) is 11.3 Å². The van der Waals surface area contributed by atoms with Crippen LogP contribution >= 0.6 is 0 Å². The van der Waals surface area contributed by atoms with Crippen molar-refractivity contribution in [2.45, 2.75) is 13.0 Å². The summed E-state index contributed by atoms with van der Waals surface area (Å²) in [5.74, 6) is 0.320. The molecule has 0 bridgehead atoms. The lowest BCUT2D eigenvalue weighted by atomic mass is 9.87. The van der Waals surface area contributed by atoms with Crippen LogP contribution in [0.1, 0.15) is 16.8 Å². The van der Waals surface area contributed by atoms with E-state index in [2.05, 4.69) is 40.6 Å². The molecular weight excluding hydrogens is 308 g/mol. The highest BCUT2D eigenvalue weighted by Crippen LogP contribution is 2.39. The molecule has 0 amide bonds. The zero-order valence-corrected chi connectivity index (χ0v) is 13.8. The molecule has 0 spiro atoms. The van der Waals surface area contributed by atoms with Crippen LogP contribution in [-0.4, -0.2) is 11.5 Å². The first-order chi connectivity index (χ1) is 12.3. The largest absolute Gasteiger partial charge is 0.383 e. The fraction of sp³-hybridized carbons (Fsp3) is 0.143. The maximum atomic E-state index is 9.73. The number of nitriles is 1. The van der Waals surface area contributed by atoms with Crippen molar-refractivity contribution in [1.29, 1.82) is 5.26 Å². The van der Waals surface area contributed by atoms with Gasteiger partial charge in [-0.05, 0) is 22.3 Å². The fourth-order valence-electron chi connectivity index (χ4n) is 3.49. The molecule has 3 aromatic rings. The fourth-order valence-corrected chi connectivity index (χ4v) is 3.49. The number of nitrogens with two attached hydrogens (primary N) is 1. The summed E-state index contributed by atoms with van der Waals surface area (Å²) in [5, 5.41) is 13.1. The van der Waals surface area contributed by atoms with E-state index in [0.717, 1.165) is 46.5 Å². The van der Waals surface area contributed by atoms with Gasteiger partial charge in [-0.1, -0.05) is 54.6 Å². The van der Waals surface area contributed by atoms with Gasteiger partial charge in [-0.3, -0.25) is 0 Å². The molecule has 0 saturated carbocycles. The maximum Gasteiger partial charge on any atom is 0.142 e. The molecule has 0 unspecified atom stereocenters. The minimum atomic E-state index is 0.320. The third-order valence-electron chi connectivity index (χ3n) is 4.65. The minimum absolute atomic E-state index is 0.320. The Morgan fingerprint density at radius 2 is 1.72 bits per heavy atom. The number of nitrogens with zero attached hydrogens (tertiary/aromatic N) is 2. The molecule has 4 nitrogen and oxygen atoms in total. The molecule has 0 saturated heterocycles. The second kappa shape index (κ2) is 6.39. The molecule has 2 heterocycles. The van der Waals surface area contributed by atoms with Gasteiger partial charge in [0, 0.05) is 30.8 Å². The van der Waals surface area contributed by atoms with Gasteiger partial charge in [0.05, 0.1) is 0 Å². The van der Waals surface area contributed by atoms with Crippen LogP contribution in [0.4, 0.5) is 5.82 Å². The Kier molecular flexibility index (Phi) is 3.93. The van der Waals surface area contributed by atoms with Crippen molar-refractivity contribution in [3.05, 3.63) is 71.4 Å². The van der Waals surface area contributed by atoms with Gasteiger partial charge in [0.1, 0.15) is 17.5 Å². The molecule has 122 valence electrons. The van der Waals surface area contributed by atoms with Crippen molar-refractivity contribution >= 4 is 5.82 Å². The Morgan fingerprint density at radius 1 is 1.00 bits per heavy atom. The van der Waals surface area contributed by atoms with Gasteiger partial charge < -0.3 is 11.1 Å². The molecule has 25 heavy (non-hydrogen) atoms. The van der Waals surface area contributed by atoms with Crippen molar-refractivity contribution in [3.63, 3.8) is 0 Å². The highest BCUT2D eigenvalue weighted by Gasteiger charge is 2.23. The van der Waals surface area contributed by atoms with Crippen LogP contribution in [0.25, 0.3) is 22.3 Å². The molecule has 2 aromatic carbocycles. The molecule has 0 fully saturated rings. The molecule has 1 aliphatic rings. The molecule has 0 radical (unpaired) electrons. The van der Waals surface area contributed by atoms with Gasteiger partial charge in [0.25, 0.3) is 0 Å². The minimum Gasteiger partial charge on any atom is -0.383 e. The van der Waals surface area contributed by atoms with E-state index in [1.54, 1.807) is 0 Å². The average molecular weight is 326 g/mol. The summed E-state index contributed by atoms with van der Waals surface area (Å²) in [4.78, 5) is 4.49. The second-order valence-electron chi connectivity index (χ2n) is 6.12. The van der Waals surface area contributed by atoms with Crippen molar-refractivity contribution in [2.24, 2.45) is 0 Å². The lowest BCUT2D eigenvalue weighted by molar-refractivity contribution is 0.632. The SMILES string of the molecule is N#Cc1c(N)nc2c(c1-c1ccccc1-c1ccccc1)CNCC2. The normalized spacial score (nSPS) is 13.1.